The van der Waals surface area contributed by atoms with E-state index < -0.39 is 8.56 Å². The molecule has 0 radical (unpaired) electrons. The lowest BCUT2D eigenvalue weighted by atomic mass is 10.3. The summed E-state index contributed by atoms with van der Waals surface area (Å²) < 4.78 is 11.8. The molecular formula is C14H20O2Si. The van der Waals surface area contributed by atoms with Crippen LogP contribution in [0, 0.1) is 0 Å². The van der Waals surface area contributed by atoms with Gasteiger partial charge in [0.1, 0.15) is 0 Å². The van der Waals surface area contributed by atoms with E-state index in [4.69, 9.17) is 8.85 Å². The van der Waals surface area contributed by atoms with E-state index in [1.807, 2.05) is 0 Å². The van der Waals surface area contributed by atoms with Gasteiger partial charge in [0.25, 0.3) is 0 Å². The van der Waals surface area contributed by atoms with Gasteiger partial charge in [-0.25, -0.2) is 0 Å². The summed E-state index contributed by atoms with van der Waals surface area (Å²) in [6, 6.07) is 0. The highest BCUT2D eigenvalue weighted by Gasteiger charge is 2.46. The maximum atomic E-state index is 5.92. The van der Waals surface area contributed by atoms with Gasteiger partial charge in [0.2, 0.25) is 0 Å². The van der Waals surface area contributed by atoms with E-state index in [9.17, 15) is 0 Å². The first-order valence-electron chi connectivity index (χ1n) is 5.99. The molecule has 0 saturated carbocycles. The zero-order valence-corrected chi connectivity index (χ0v) is 12.0. The summed E-state index contributed by atoms with van der Waals surface area (Å²) in [7, 11) is 1.20. The third kappa shape index (κ3) is 1.88. The molecule has 0 atom stereocenters. The second kappa shape index (κ2) is 4.76. The summed E-state index contributed by atoms with van der Waals surface area (Å²) in [5.74, 6) is 0. The average Bonchev–Trinajstić information content (AvgIpc) is 2.93. The van der Waals surface area contributed by atoms with Crippen LogP contribution in [0.15, 0.2) is 45.8 Å². The van der Waals surface area contributed by atoms with Crippen molar-refractivity contribution in [2.45, 2.75) is 26.7 Å². The normalized spacial score (nSPS) is 20.0. The van der Waals surface area contributed by atoms with E-state index in [0.29, 0.717) is 0 Å². The van der Waals surface area contributed by atoms with Crippen LogP contribution in [0.3, 0.4) is 0 Å². The smallest absolute Gasteiger partial charge is 0.391 e. The summed E-state index contributed by atoms with van der Waals surface area (Å²) in [5, 5.41) is 2.72. The fourth-order valence-corrected chi connectivity index (χ4v) is 6.27. The Kier molecular flexibility index (Phi) is 3.52. The monoisotopic (exact) mass is 248 g/mol. The van der Waals surface area contributed by atoms with Crippen molar-refractivity contribution in [1.82, 2.24) is 0 Å². The molecule has 0 aliphatic heterocycles. The molecule has 0 aromatic carbocycles. The number of allylic oxidation sites excluding steroid dienone is 8. The molecule has 0 bridgehead atoms. The van der Waals surface area contributed by atoms with Gasteiger partial charge in [-0.3, -0.25) is 0 Å². The molecule has 2 aliphatic carbocycles. The van der Waals surface area contributed by atoms with E-state index in [1.54, 1.807) is 14.2 Å². The van der Waals surface area contributed by atoms with Crippen molar-refractivity contribution >= 4 is 8.56 Å². The predicted molar refractivity (Wildman–Crippen MR) is 72.7 cm³/mol. The quantitative estimate of drug-likeness (QED) is 0.710. The molecule has 0 aromatic heterocycles. The fraction of sp³-hybridized carbons (Fsp3) is 0.429. The van der Waals surface area contributed by atoms with Crippen molar-refractivity contribution in [1.29, 1.82) is 0 Å². The van der Waals surface area contributed by atoms with Crippen LogP contribution >= 0.6 is 0 Å². The average molecular weight is 248 g/mol. The van der Waals surface area contributed by atoms with Crippen molar-refractivity contribution < 1.29 is 8.85 Å². The molecule has 17 heavy (non-hydrogen) atoms. The van der Waals surface area contributed by atoms with Crippen LogP contribution in [0.1, 0.15) is 26.7 Å². The SMILES string of the molecule is CO[Si](OC)(C1=C(C)C=CC1)C1=C(C)C=CC1. The van der Waals surface area contributed by atoms with Crippen LogP contribution in [0.5, 0.6) is 0 Å². The van der Waals surface area contributed by atoms with Crippen LogP contribution in [-0.2, 0) is 8.85 Å². The summed E-state index contributed by atoms with van der Waals surface area (Å²) >= 11 is 0. The molecule has 0 heterocycles. The Morgan fingerprint density at radius 1 is 0.882 bits per heavy atom. The van der Waals surface area contributed by atoms with Crippen LogP contribution in [-0.4, -0.2) is 22.8 Å². The molecular weight excluding hydrogens is 228 g/mol. The standard InChI is InChI=1S/C14H20O2Si/c1-11-7-5-9-13(11)17(15-3,16-4)14-10-6-8-12(14)2/h5-8H,9-10H2,1-4H3. The maximum absolute atomic E-state index is 5.92. The van der Waals surface area contributed by atoms with Crippen molar-refractivity contribution in [3.63, 3.8) is 0 Å². The van der Waals surface area contributed by atoms with E-state index in [2.05, 4.69) is 38.2 Å². The van der Waals surface area contributed by atoms with Crippen molar-refractivity contribution in [3.05, 3.63) is 45.8 Å². The largest absolute Gasteiger partial charge is 0.399 e. The van der Waals surface area contributed by atoms with Crippen molar-refractivity contribution in [2.75, 3.05) is 14.2 Å². The molecule has 0 amide bonds. The minimum atomic E-state index is -2.37. The molecule has 0 unspecified atom stereocenters. The molecule has 0 spiro atoms. The van der Waals surface area contributed by atoms with Gasteiger partial charge in [0.05, 0.1) is 0 Å². The van der Waals surface area contributed by atoms with Crippen LogP contribution in [0.25, 0.3) is 0 Å². The lowest BCUT2D eigenvalue weighted by Gasteiger charge is -2.31. The third-order valence-electron chi connectivity index (χ3n) is 3.70. The van der Waals surface area contributed by atoms with Gasteiger partial charge < -0.3 is 8.85 Å². The minimum absolute atomic E-state index is 0.969. The number of hydrogen-bond acceptors (Lipinski definition) is 2. The van der Waals surface area contributed by atoms with Crippen LogP contribution in [0.2, 0.25) is 0 Å². The molecule has 0 aromatic rings. The first-order valence-corrected chi connectivity index (χ1v) is 7.81. The maximum Gasteiger partial charge on any atom is 0.399 e. The van der Waals surface area contributed by atoms with E-state index in [1.165, 1.54) is 21.5 Å². The molecule has 3 heteroatoms. The fourth-order valence-electron chi connectivity index (χ4n) is 2.78. The summed E-state index contributed by atoms with van der Waals surface area (Å²) in [6.45, 7) is 4.30. The zero-order chi connectivity index (χ0) is 12.5. The third-order valence-corrected chi connectivity index (χ3v) is 7.64. The summed E-state index contributed by atoms with van der Waals surface area (Å²) in [5.41, 5.74) is 2.63. The molecule has 92 valence electrons. The Bertz CT molecular complexity index is 399. The van der Waals surface area contributed by atoms with Gasteiger partial charge in [0, 0.05) is 14.2 Å². The van der Waals surface area contributed by atoms with E-state index >= 15 is 0 Å². The van der Waals surface area contributed by atoms with E-state index in [0.717, 1.165) is 12.8 Å². The lowest BCUT2D eigenvalue weighted by Crippen LogP contribution is -2.45. The highest BCUT2D eigenvalue weighted by atomic mass is 28.4. The molecule has 2 aliphatic rings. The topological polar surface area (TPSA) is 18.5 Å². The van der Waals surface area contributed by atoms with Gasteiger partial charge >= 0.3 is 8.56 Å². The molecule has 0 saturated heterocycles. The lowest BCUT2D eigenvalue weighted by molar-refractivity contribution is 0.260. The second-order valence-electron chi connectivity index (χ2n) is 4.56. The van der Waals surface area contributed by atoms with Crippen LogP contribution in [0.4, 0.5) is 0 Å². The molecule has 2 rings (SSSR count). The Hall–Kier alpha value is -0.903. The van der Waals surface area contributed by atoms with Gasteiger partial charge in [-0.05, 0) is 37.1 Å². The zero-order valence-electron chi connectivity index (χ0n) is 11.0. The Morgan fingerprint density at radius 3 is 1.53 bits per heavy atom. The van der Waals surface area contributed by atoms with Gasteiger partial charge in [0.15, 0.2) is 0 Å². The Morgan fingerprint density at radius 2 is 1.29 bits per heavy atom. The Balaban J connectivity index is 2.48. The van der Waals surface area contributed by atoms with Gasteiger partial charge in [-0.15, -0.1) is 0 Å². The molecule has 0 N–H and O–H groups in total. The van der Waals surface area contributed by atoms with Crippen LogP contribution < -0.4 is 0 Å². The molecule has 0 fully saturated rings. The molecule has 2 nitrogen and oxygen atoms in total. The van der Waals surface area contributed by atoms with Crippen molar-refractivity contribution in [3.8, 4) is 0 Å². The van der Waals surface area contributed by atoms with E-state index in [-0.39, 0.29) is 0 Å². The second-order valence-corrected chi connectivity index (χ2v) is 7.82. The number of rotatable bonds is 4. The highest BCUT2D eigenvalue weighted by Crippen LogP contribution is 2.38. The highest BCUT2D eigenvalue weighted by molar-refractivity contribution is 6.82. The predicted octanol–water partition coefficient (Wildman–Crippen LogP) is 3.35. The van der Waals surface area contributed by atoms with Gasteiger partial charge in [-0.2, -0.15) is 0 Å². The first kappa shape index (κ1) is 12.6. The van der Waals surface area contributed by atoms with Gasteiger partial charge in [-0.1, -0.05) is 35.5 Å². The minimum Gasteiger partial charge on any atom is -0.391 e. The summed E-state index contributed by atoms with van der Waals surface area (Å²) in [4.78, 5) is 0. The first-order chi connectivity index (χ1) is 8.15. The Labute approximate surface area is 105 Å². The summed E-state index contributed by atoms with van der Waals surface area (Å²) in [6.07, 6.45) is 10.7. The van der Waals surface area contributed by atoms with Crippen molar-refractivity contribution in [2.24, 2.45) is 0 Å². The number of hydrogen-bond donors (Lipinski definition) is 0.